The van der Waals surface area contributed by atoms with Gasteiger partial charge in [0, 0.05) is 13.0 Å². The van der Waals surface area contributed by atoms with Gasteiger partial charge < -0.3 is 10.0 Å². The number of hydrogen-bond acceptors (Lipinski definition) is 2. The number of aliphatic carboxylic acids is 1. The van der Waals surface area contributed by atoms with E-state index < -0.39 is 11.8 Å². The Kier molecular flexibility index (Phi) is 5.48. The van der Waals surface area contributed by atoms with Crippen molar-refractivity contribution in [3.63, 3.8) is 0 Å². The molecule has 1 N–H and O–H groups in total. The van der Waals surface area contributed by atoms with E-state index in [4.69, 9.17) is 5.11 Å². The van der Waals surface area contributed by atoms with E-state index in [0.29, 0.717) is 0 Å². The number of benzene rings is 1. The number of carboxylic acids is 1. The normalized spacial score (nSPS) is 10.5. The zero-order chi connectivity index (χ0) is 14.4. The summed E-state index contributed by atoms with van der Waals surface area (Å²) in [4.78, 5) is 23.9. The number of halogens is 1. The predicted octanol–water partition coefficient (Wildman–Crippen LogP) is 2.68. The Labute approximate surface area is 111 Å². The number of nitrogens with zero attached hydrogens (tertiary/aromatic N) is 1. The van der Waals surface area contributed by atoms with Gasteiger partial charge in [-0.1, -0.05) is 26.0 Å². The predicted molar refractivity (Wildman–Crippen MR) is 70.5 cm³/mol. The third-order valence-electron chi connectivity index (χ3n) is 2.58. The number of anilines is 1. The number of hydrogen-bond donors (Lipinski definition) is 1. The van der Waals surface area contributed by atoms with E-state index in [1.165, 1.54) is 23.1 Å². The fraction of sp³-hybridized carbons (Fsp3) is 0.429. The van der Waals surface area contributed by atoms with Crippen molar-refractivity contribution in [3.05, 3.63) is 30.1 Å². The van der Waals surface area contributed by atoms with Gasteiger partial charge in [0.1, 0.15) is 5.82 Å². The first-order valence-corrected chi connectivity index (χ1v) is 6.18. The Balaban J connectivity index is 2.95. The monoisotopic (exact) mass is 267 g/mol. The molecule has 104 valence electrons. The highest BCUT2D eigenvalue weighted by molar-refractivity contribution is 5.94. The summed E-state index contributed by atoms with van der Waals surface area (Å²) in [5.74, 6) is -1.67. The van der Waals surface area contributed by atoms with Gasteiger partial charge in [-0.25, -0.2) is 4.39 Å². The SMILES string of the molecule is CC(C)CC(=O)N(CCC(=O)O)c1ccccc1F. The number of amides is 1. The van der Waals surface area contributed by atoms with Crippen molar-refractivity contribution in [2.24, 2.45) is 5.92 Å². The van der Waals surface area contributed by atoms with Crippen molar-refractivity contribution in [3.8, 4) is 0 Å². The van der Waals surface area contributed by atoms with Crippen LogP contribution < -0.4 is 4.90 Å². The van der Waals surface area contributed by atoms with Crippen molar-refractivity contribution in [2.75, 3.05) is 11.4 Å². The van der Waals surface area contributed by atoms with Gasteiger partial charge in [0.05, 0.1) is 12.1 Å². The Hall–Kier alpha value is -1.91. The van der Waals surface area contributed by atoms with Crippen LogP contribution in [0.3, 0.4) is 0 Å². The Morgan fingerprint density at radius 1 is 1.32 bits per heavy atom. The molecule has 0 heterocycles. The van der Waals surface area contributed by atoms with Crippen molar-refractivity contribution in [1.82, 2.24) is 0 Å². The fourth-order valence-electron chi connectivity index (χ4n) is 1.72. The van der Waals surface area contributed by atoms with Gasteiger partial charge in [-0.2, -0.15) is 0 Å². The molecule has 0 saturated carbocycles. The van der Waals surface area contributed by atoms with Crippen LogP contribution in [0.4, 0.5) is 10.1 Å². The van der Waals surface area contributed by atoms with E-state index in [0.717, 1.165) is 0 Å². The minimum Gasteiger partial charge on any atom is -0.481 e. The second-order valence-electron chi connectivity index (χ2n) is 4.74. The molecule has 0 aliphatic carbocycles. The van der Waals surface area contributed by atoms with E-state index in [9.17, 15) is 14.0 Å². The van der Waals surface area contributed by atoms with Crippen molar-refractivity contribution in [1.29, 1.82) is 0 Å². The average molecular weight is 267 g/mol. The zero-order valence-corrected chi connectivity index (χ0v) is 11.1. The molecule has 0 radical (unpaired) electrons. The summed E-state index contributed by atoms with van der Waals surface area (Å²) in [6, 6.07) is 5.89. The summed E-state index contributed by atoms with van der Waals surface area (Å²) in [5, 5.41) is 8.71. The molecule has 1 rings (SSSR count). The van der Waals surface area contributed by atoms with E-state index >= 15 is 0 Å². The lowest BCUT2D eigenvalue weighted by Gasteiger charge is -2.23. The molecule has 0 aromatic heterocycles. The smallest absolute Gasteiger partial charge is 0.305 e. The summed E-state index contributed by atoms with van der Waals surface area (Å²) >= 11 is 0. The molecule has 0 fully saturated rings. The van der Waals surface area contributed by atoms with Gasteiger partial charge in [-0.3, -0.25) is 9.59 Å². The van der Waals surface area contributed by atoms with Gasteiger partial charge in [-0.15, -0.1) is 0 Å². The summed E-state index contributed by atoms with van der Waals surface area (Å²) < 4.78 is 13.7. The number of rotatable bonds is 6. The molecule has 5 heteroatoms. The molecule has 0 aliphatic rings. The first-order valence-electron chi connectivity index (χ1n) is 6.18. The maximum Gasteiger partial charge on any atom is 0.305 e. The van der Waals surface area contributed by atoms with Gasteiger partial charge in [0.15, 0.2) is 0 Å². The molecule has 1 aromatic carbocycles. The molecule has 0 saturated heterocycles. The lowest BCUT2D eigenvalue weighted by molar-refractivity contribution is -0.136. The third kappa shape index (κ3) is 4.69. The summed E-state index contributed by atoms with van der Waals surface area (Å²) in [6.07, 6.45) is 0.0477. The molecule has 4 nitrogen and oxygen atoms in total. The molecular formula is C14H18FNO3. The van der Waals surface area contributed by atoms with Crippen molar-refractivity contribution >= 4 is 17.6 Å². The molecule has 1 aromatic rings. The molecule has 0 atom stereocenters. The first-order chi connectivity index (χ1) is 8.91. The highest BCUT2D eigenvalue weighted by Gasteiger charge is 2.20. The van der Waals surface area contributed by atoms with Crippen LogP contribution in [-0.4, -0.2) is 23.5 Å². The number of carbonyl (C=O) groups is 2. The van der Waals surface area contributed by atoms with Gasteiger partial charge >= 0.3 is 5.97 Å². The third-order valence-corrected chi connectivity index (χ3v) is 2.58. The Morgan fingerprint density at radius 3 is 2.47 bits per heavy atom. The second-order valence-corrected chi connectivity index (χ2v) is 4.74. The minimum atomic E-state index is -1.02. The van der Waals surface area contributed by atoms with Gasteiger partial charge in [0.2, 0.25) is 5.91 Å². The maximum absolute atomic E-state index is 13.7. The number of para-hydroxylation sites is 1. The highest BCUT2D eigenvalue weighted by atomic mass is 19.1. The van der Waals surface area contributed by atoms with Crippen molar-refractivity contribution in [2.45, 2.75) is 26.7 Å². The summed E-state index contributed by atoms with van der Waals surface area (Å²) in [7, 11) is 0. The lowest BCUT2D eigenvalue weighted by atomic mass is 10.1. The first kappa shape index (κ1) is 15.1. The molecule has 1 amide bonds. The molecular weight excluding hydrogens is 249 g/mol. The quantitative estimate of drug-likeness (QED) is 0.862. The maximum atomic E-state index is 13.7. The molecule has 19 heavy (non-hydrogen) atoms. The van der Waals surface area contributed by atoms with E-state index in [-0.39, 0.29) is 36.9 Å². The molecule has 0 unspecified atom stereocenters. The standard InChI is InChI=1S/C14H18FNO3/c1-10(2)9-13(17)16(8-7-14(18)19)12-6-4-3-5-11(12)15/h3-6,10H,7-9H2,1-2H3,(H,18,19). The molecule has 0 spiro atoms. The topological polar surface area (TPSA) is 57.6 Å². The van der Waals surface area contributed by atoms with Crippen LogP contribution in [0.15, 0.2) is 24.3 Å². The second kappa shape index (κ2) is 6.87. The van der Waals surface area contributed by atoms with Gasteiger partial charge in [-0.05, 0) is 18.1 Å². The van der Waals surface area contributed by atoms with Crippen LogP contribution in [-0.2, 0) is 9.59 Å². The largest absolute Gasteiger partial charge is 0.481 e. The van der Waals surface area contributed by atoms with Crippen LogP contribution in [0.2, 0.25) is 0 Å². The highest BCUT2D eigenvalue weighted by Crippen LogP contribution is 2.21. The average Bonchev–Trinajstić information content (AvgIpc) is 2.30. The van der Waals surface area contributed by atoms with Gasteiger partial charge in [0.25, 0.3) is 0 Å². The zero-order valence-electron chi connectivity index (χ0n) is 11.1. The van der Waals surface area contributed by atoms with Crippen LogP contribution in [0.25, 0.3) is 0 Å². The fourth-order valence-corrected chi connectivity index (χ4v) is 1.72. The summed E-state index contributed by atoms with van der Waals surface area (Å²) in [6.45, 7) is 3.74. The van der Waals surface area contributed by atoms with E-state index in [1.807, 2.05) is 13.8 Å². The Bertz CT molecular complexity index is 460. The molecule has 0 aliphatic heterocycles. The van der Waals surface area contributed by atoms with E-state index in [2.05, 4.69) is 0 Å². The van der Waals surface area contributed by atoms with Crippen LogP contribution in [0.5, 0.6) is 0 Å². The Morgan fingerprint density at radius 2 is 1.95 bits per heavy atom. The molecule has 0 bridgehead atoms. The van der Waals surface area contributed by atoms with Crippen LogP contribution in [0, 0.1) is 11.7 Å². The lowest BCUT2D eigenvalue weighted by Crippen LogP contribution is -2.34. The van der Waals surface area contributed by atoms with Crippen LogP contribution >= 0.6 is 0 Å². The van der Waals surface area contributed by atoms with Crippen molar-refractivity contribution < 1.29 is 19.1 Å². The number of carboxylic acid groups (broad SMARTS) is 1. The summed E-state index contributed by atoms with van der Waals surface area (Å²) in [5.41, 5.74) is 0.134. The van der Waals surface area contributed by atoms with Crippen LogP contribution in [0.1, 0.15) is 26.7 Å². The minimum absolute atomic E-state index is 0.0260. The number of carbonyl (C=O) groups excluding carboxylic acids is 1. The van der Waals surface area contributed by atoms with E-state index in [1.54, 1.807) is 6.07 Å².